The van der Waals surface area contributed by atoms with E-state index in [1.165, 1.54) is 28.4 Å². The third-order valence-corrected chi connectivity index (χ3v) is 7.86. The Morgan fingerprint density at radius 1 is 1.26 bits per heavy atom. The van der Waals surface area contributed by atoms with Gasteiger partial charge in [0.05, 0.1) is 0 Å². The number of halogens is 2. The lowest BCUT2D eigenvalue weighted by atomic mass is 10.0. The van der Waals surface area contributed by atoms with Gasteiger partial charge in [-0.05, 0) is 42.0 Å². The number of carbonyl (C=O) groups excluding carboxylic acids is 1. The zero-order valence-corrected chi connectivity index (χ0v) is 16.4. The zero-order chi connectivity index (χ0) is 19.6. The lowest BCUT2D eigenvalue weighted by Gasteiger charge is -2.35. The molecular formula is C18H20F2N2O3S2. The van der Waals surface area contributed by atoms with Crippen LogP contribution in [0.3, 0.4) is 0 Å². The number of likely N-dealkylation sites (N-methyl/N-ethyl adjacent to an activating group) is 1. The fourth-order valence-corrected chi connectivity index (χ4v) is 5.98. The van der Waals surface area contributed by atoms with E-state index in [9.17, 15) is 22.0 Å². The quantitative estimate of drug-likeness (QED) is 0.755. The predicted molar refractivity (Wildman–Crippen MR) is 98.7 cm³/mol. The minimum atomic E-state index is -3.74. The van der Waals surface area contributed by atoms with E-state index in [1.54, 1.807) is 11.4 Å². The van der Waals surface area contributed by atoms with Crippen molar-refractivity contribution in [3.8, 4) is 0 Å². The van der Waals surface area contributed by atoms with Crippen molar-refractivity contribution in [3.05, 3.63) is 52.9 Å². The highest BCUT2D eigenvalue weighted by atomic mass is 32.2. The minimum Gasteiger partial charge on any atom is -0.340 e. The van der Waals surface area contributed by atoms with Crippen molar-refractivity contribution >= 4 is 27.3 Å². The van der Waals surface area contributed by atoms with Gasteiger partial charge < -0.3 is 4.90 Å². The van der Waals surface area contributed by atoms with Gasteiger partial charge in [0.1, 0.15) is 10.3 Å². The number of carbonyl (C=O) groups is 1. The molecule has 1 aliphatic heterocycles. The van der Waals surface area contributed by atoms with Crippen molar-refractivity contribution in [2.75, 3.05) is 13.6 Å². The Morgan fingerprint density at radius 3 is 2.70 bits per heavy atom. The second-order valence-electron chi connectivity index (χ2n) is 6.50. The van der Waals surface area contributed by atoms with Crippen molar-refractivity contribution in [3.63, 3.8) is 0 Å². The summed E-state index contributed by atoms with van der Waals surface area (Å²) >= 11 is 1.12. The molecule has 1 aromatic heterocycles. The summed E-state index contributed by atoms with van der Waals surface area (Å²) in [6.45, 7) is 0.356. The van der Waals surface area contributed by atoms with Crippen LogP contribution in [0.4, 0.5) is 8.78 Å². The Morgan fingerprint density at radius 2 is 2.04 bits per heavy atom. The van der Waals surface area contributed by atoms with E-state index < -0.39 is 27.7 Å². The van der Waals surface area contributed by atoms with Gasteiger partial charge in [-0.2, -0.15) is 4.31 Å². The summed E-state index contributed by atoms with van der Waals surface area (Å²) in [5.74, 6) is -2.28. The van der Waals surface area contributed by atoms with Crippen LogP contribution >= 0.6 is 11.3 Å². The molecule has 27 heavy (non-hydrogen) atoms. The summed E-state index contributed by atoms with van der Waals surface area (Å²) in [5, 5.41) is 1.68. The van der Waals surface area contributed by atoms with E-state index in [2.05, 4.69) is 0 Å². The Balaban J connectivity index is 1.79. The van der Waals surface area contributed by atoms with E-state index >= 15 is 0 Å². The molecule has 1 aromatic carbocycles. The van der Waals surface area contributed by atoms with Crippen LogP contribution in [0.2, 0.25) is 0 Å². The highest BCUT2D eigenvalue weighted by Crippen LogP contribution is 2.29. The molecule has 0 N–H and O–H groups in total. The minimum absolute atomic E-state index is 0.0689. The molecule has 1 saturated heterocycles. The monoisotopic (exact) mass is 414 g/mol. The first-order chi connectivity index (χ1) is 12.8. The van der Waals surface area contributed by atoms with Gasteiger partial charge >= 0.3 is 0 Å². The molecule has 0 bridgehead atoms. The Hall–Kier alpha value is -1.84. The summed E-state index contributed by atoms with van der Waals surface area (Å²) in [5.41, 5.74) is 0.438. The van der Waals surface area contributed by atoms with Crippen molar-refractivity contribution in [2.45, 2.75) is 36.1 Å². The number of thiophene rings is 1. The first-order valence-corrected chi connectivity index (χ1v) is 10.9. The topological polar surface area (TPSA) is 57.7 Å². The van der Waals surface area contributed by atoms with Crippen LogP contribution in [-0.2, 0) is 21.4 Å². The van der Waals surface area contributed by atoms with Gasteiger partial charge in [-0.15, -0.1) is 11.3 Å². The van der Waals surface area contributed by atoms with Gasteiger partial charge in [0, 0.05) is 20.1 Å². The number of hydrogen-bond acceptors (Lipinski definition) is 4. The fraction of sp³-hybridized carbons (Fsp3) is 0.389. The normalized spacial score (nSPS) is 18.4. The lowest BCUT2D eigenvalue weighted by Crippen LogP contribution is -2.51. The summed E-state index contributed by atoms with van der Waals surface area (Å²) in [7, 11) is -2.20. The van der Waals surface area contributed by atoms with Crippen LogP contribution in [0.5, 0.6) is 0 Å². The second-order valence-corrected chi connectivity index (χ2v) is 9.57. The average Bonchev–Trinajstić information content (AvgIpc) is 3.20. The first-order valence-electron chi connectivity index (χ1n) is 8.55. The molecule has 1 aliphatic rings. The third kappa shape index (κ3) is 4.20. The smallest absolute Gasteiger partial charge is 0.253 e. The molecule has 0 saturated carbocycles. The summed E-state index contributed by atoms with van der Waals surface area (Å²) < 4.78 is 53.8. The van der Waals surface area contributed by atoms with Crippen LogP contribution in [0.25, 0.3) is 0 Å². The first kappa shape index (κ1) is 19.9. The molecule has 2 heterocycles. The average molecular weight is 414 g/mol. The molecule has 5 nitrogen and oxygen atoms in total. The maximum absolute atomic E-state index is 13.4. The van der Waals surface area contributed by atoms with Gasteiger partial charge in [-0.1, -0.05) is 18.6 Å². The van der Waals surface area contributed by atoms with Gasteiger partial charge in [-0.25, -0.2) is 17.2 Å². The molecule has 1 amide bonds. The van der Waals surface area contributed by atoms with Crippen LogP contribution in [0.15, 0.2) is 39.9 Å². The zero-order valence-electron chi connectivity index (χ0n) is 14.8. The molecule has 0 aliphatic carbocycles. The second kappa shape index (κ2) is 8.04. The van der Waals surface area contributed by atoms with E-state index in [-0.39, 0.29) is 23.2 Å². The predicted octanol–water partition coefficient (Wildman–Crippen LogP) is 3.23. The molecule has 1 fully saturated rings. The largest absolute Gasteiger partial charge is 0.340 e. The van der Waals surface area contributed by atoms with Crippen molar-refractivity contribution in [1.82, 2.24) is 9.21 Å². The molecule has 0 radical (unpaired) electrons. The number of rotatable bonds is 5. The van der Waals surface area contributed by atoms with Crippen molar-refractivity contribution in [2.24, 2.45) is 0 Å². The van der Waals surface area contributed by atoms with Crippen LogP contribution in [0, 0.1) is 11.6 Å². The molecular weight excluding hydrogens is 394 g/mol. The molecule has 146 valence electrons. The van der Waals surface area contributed by atoms with E-state index in [0.717, 1.165) is 29.9 Å². The van der Waals surface area contributed by atoms with E-state index in [1.807, 2.05) is 0 Å². The van der Waals surface area contributed by atoms with E-state index in [4.69, 9.17) is 0 Å². The molecule has 3 rings (SSSR count). The Bertz CT molecular complexity index is 917. The number of hydrogen-bond donors (Lipinski definition) is 0. The molecule has 0 unspecified atom stereocenters. The van der Waals surface area contributed by atoms with Crippen molar-refractivity contribution < 1.29 is 22.0 Å². The molecule has 2 aromatic rings. The Labute approximate surface area is 161 Å². The molecule has 0 spiro atoms. The number of benzene rings is 1. The summed E-state index contributed by atoms with van der Waals surface area (Å²) in [4.78, 5) is 14.3. The fourth-order valence-electron chi connectivity index (χ4n) is 3.21. The number of piperidine rings is 1. The standard InChI is InChI=1S/C18H20F2N2O3S2/c1-21(12-13-7-8-14(19)15(20)11-13)18(23)16-5-2-3-9-22(16)27(24,25)17-6-4-10-26-17/h4,6-8,10-11,16H,2-3,5,9,12H2,1H3/t16-/m1/s1. The Kier molecular flexibility index (Phi) is 5.92. The molecule has 9 heteroatoms. The van der Waals surface area contributed by atoms with Crippen LogP contribution < -0.4 is 0 Å². The van der Waals surface area contributed by atoms with Crippen molar-refractivity contribution in [1.29, 1.82) is 0 Å². The van der Waals surface area contributed by atoms with Gasteiger partial charge in [0.2, 0.25) is 5.91 Å². The van der Waals surface area contributed by atoms with Gasteiger partial charge in [-0.3, -0.25) is 4.79 Å². The molecule has 1 atom stereocenters. The lowest BCUT2D eigenvalue weighted by molar-refractivity contribution is -0.135. The highest BCUT2D eigenvalue weighted by molar-refractivity contribution is 7.91. The van der Waals surface area contributed by atoms with Gasteiger partial charge in [0.15, 0.2) is 11.6 Å². The van der Waals surface area contributed by atoms with Crippen LogP contribution in [0.1, 0.15) is 24.8 Å². The SMILES string of the molecule is CN(Cc1ccc(F)c(F)c1)C(=O)[C@H]1CCCCN1S(=O)(=O)c1cccs1. The summed E-state index contributed by atoms with van der Waals surface area (Å²) in [6.07, 6.45) is 1.89. The van der Waals surface area contributed by atoms with E-state index in [0.29, 0.717) is 18.4 Å². The maximum Gasteiger partial charge on any atom is 0.253 e. The number of amides is 1. The third-order valence-electron chi connectivity index (χ3n) is 4.58. The number of nitrogens with zero attached hydrogens (tertiary/aromatic N) is 2. The van der Waals surface area contributed by atoms with Gasteiger partial charge in [0.25, 0.3) is 10.0 Å². The maximum atomic E-state index is 13.4. The number of sulfonamides is 1. The highest BCUT2D eigenvalue weighted by Gasteiger charge is 2.39. The summed E-state index contributed by atoms with van der Waals surface area (Å²) in [6, 6.07) is 5.86. The van der Waals surface area contributed by atoms with Crippen LogP contribution in [-0.4, -0.2) is 43.2 Å².